The first kappa shape index (κ1) is 37.2. The number of imide groups is 2. The molecule has 4 aromatic carbocycles. The minimum atomic E-state index is -0.991. The van der Waals surface area contributed by atoms with Gasteiger partial charge in [0.05, 0.1) is 22.6 Å². The van der Waals surface area contributed by atoms with Crippen LogP contribution in [0.5, 0.6) is 11.5 Å². The van der Waals surface area contributed by atoms with E-state index in [1.54, 1.807) is 12.1 Å². The number of aromatic nitrogens is 4. The Bertz CT molecular complexity index is 2540. The Morgan fingerprint density at radius 1 is 0.828 bits per heavy atom. The van der Waals surface area contributed by atoms with Gasteiger partial charge in [0.1, 0.15) is 35.4 Å². The number of piperidine rings is 2. The summed E-state index contributed by atoms with van der Waals surface area (Å²) in [6.07, 6.45) is 4.61. The summed E-state index contributed by atoms with van der Waals surface area (Å²) in [7, 11) is 0. The molecule has 3 aliphatic heterocycles. The molecule has 1 unspecified atom stereocenters. The fourth-order valence-corrected chi connectivity index (χ4v) is 9.08. The Morgan fingerprint density at radius 3 is 2.40 bits per heavy atom. The van der Waals surface area contributed by atoms with Crippen LogP contribution in [0.15, 0.2) is 108 Å². The SMILES string of the molecule is Nc1ncnc2c1c(-c1ccc(Oc3ccccc3)cc1)nn2[C@@H]1CCCN(CCc2ccc(CSc3cccc4c3C(=O)N(C3CCC(=O)NC3=O)C4=O)cc2)C1. The average Bonchev–Trinajstić information content (AvgIpc) is 3.76. The van der Waals surface area contributed by atoms with Crippen LogP contribution in [-0.4, -0.2) is 78.9 Å². The van der Waals surface area contributed by atoms with E-state index in [4.69, 9.17) is 15.6 Å². The van der Waals surface area contributed by atoms with E-state index in [2.05, 4.69) is 44.5 Å². The highest BCUT2D eigenvalue weighted by Gasteiger charge is 2.45. The van der Waals surface area contributed by atoms with Crippen molar-refractivity contribution in [2.24, 2.45) is 0 Å². The predicted octanol–water partition coefficient (Wildman–Crippen LogP) is 6.44. The zero-order chi connectivity index (χ0) is 39.8. The van der Waals surface area contributed by atoms with E-state index in [9.17, 15) is 19.2 Å². The quantitative estimate of drug-likeness (QED) is 0.110. The molecule has 3 N–H and O–H groups in total. The molecular weight excluding hydrogens is 753 g/mol. The van der Waals surface area contributed by atoms with Gasteiger partial charge in [0.15, 0.2) is 5.65 Å². The number of anilines is 1. The molecule has 5 heterocycles. The smallest absolute Gasteiger partial charge is 0.263 e. The van der Waals surface area contributed by atoms with Gasteiger partial charge in [0.25, 0.3) is 11.8 Å². The van der Waals surface area contributed by atoms with Crippen LogP contribution in [-0.2, 0) is 21.8 Å². The second kappa shape index (κ2) is 15.9. The number of fused-ring (bicyclic) bond motifs is 2. The van der Waals surface area contributed by atoms with Crippen molar-refractivity contribution in [1.82, 2.24) is 34.9 Å². The molecule has 14 heteroatoms. The van der Waals surface area contributed by atoms with Crippen LogP contribution in [0.1, 0.15) is 63.6 Å². The van der Waals surface area contributed by atoms with Gasteiger partial charge in [-0.05, 0) is 91.9 Å². The normalized spacial score (nSPS) is 18.4. The molecule has 0 aliphatic carbocycles. The number of nitrogen functional groups attached to an aromatic ring is 1. The molecule has 6 aromatic rings. The molecule has 13 nitrogen and oxygen atoms in total. The first-order chi connectivity index (χ1) is 28.3. The highest BCUT2D eigenvalue weighted by atomic mass is 32.2. The summed E-state index contributed by atoms with van der Waals surface area (Å²) in [5, 5.41) is 8.12. The molecule has 2 fully saturated rings. The maximum absolute atomic E-state index is 13.5. The predicted molar refractivity (Wildman–Crippen MR) is 219 cm³/mol. The maximum Gasteiger partial charge on any atom is 0.263 e. The fraction of sp³-hybridized carbons (Fsp3) is 0.250. The van der Waals surface area contributed by atoms with Crippen molar-refractivity contribution < 1.29 is 23.9 Å². The number of benzene rings is 4. The van der Waals surface area contributed by atoms with Crippen LogP contribution < -0.4 is 15.8 Å². The number of nitrogens with zero attached hydrogens (tertiary/aromatic N) is 6. The van der Waals surface area contributed by atoms with Gasteiger partial charge in [-0.3, -0.25) is 29.4 Å². The molecule has 0 radical (unpaired) electrons. The van der Waals surface area contributed by atoms with Crippen LogP contribution in [0.3, 0.4) is 0 Å². The first-order valence-electron chi connectivity index (χ1n) is 19.4. The second-order valence-electron chi connectivity index (χ2n) is 14.8. The number of thioether (sulfide) groups is 1. The van der Waals surface area contributed by atoms with E-state index in [-0.39, 0.29) is 24.4 Å². The number of hydrogen-bond donors (Lipinski definition) is 2. The van der Waals surface area contributed by atoms with Gasteiger partial charge in [-0.2, -0.15) is 5.10 Å². The minimum Gasteiger partial charge on any atom is -0.457 e. The third-order valence-electron chi connectivity index (χ3n) is 11.0. The Kier molecular flexibility index (Phi) is 10.2. The average molecular weight is 793 g/mol. The van der Waals surface area contributed by atoms with E-state index in [0.717, 1.165) is 83.1 Å². The topological polar surface area (TPSA) is 166 Å². The summed E-state index contributed by atoms with van der Waals surface area (Å²) in [6.45, 7) is 2.73. The van der Waals surface area contributed by atoms with Gasteiger partial charge in [-0.25, -0.2) is 14.6 Å². The molecule has 2 aromatic heterocycles. The second-order valence-corrected chi connectivity index (χ2v) is 15.8. The van der Waals surface area contributed by atoms with Crippen LogP contribution in [0.4, 0.5) is 5.82 Å². The Morgan fingerprint density at radius 2 is 1.60 bits per heavy atom. The number of ether oxygens (including phenoxy) is 1. The van der Waals surface area contributed by atoms with Crippen molar-refractivity contribution in [2.75, 3.05) is 25.4 Å². The van der Waals surface area contributed by atoms with E-state index in [0.29, 0.717) is 22.0 Å². The summed E-state index contributed by atoms with van der Waals surface area (Å²) in [5.74, 6) is 0.492. The van der Waals surface area contributed by atoms with Crippen molar-refractivity contribution in [3.8, 4) is 22.8 Å². The Labute approximate surface area is 338 Å². The standard InChI is InChI=1S/C44H40N8O5S/c45-40-38-39(29-15-17-32(18-16-29)57-31-7-2-1-3-8-31)49-52(41(38)47-26-46-40)30-6-5-22-50(24-30)23-21-27-11-13-28(14-12-27)25-58-35-10-4-9-33-37(35)44(56)51(43(33)55)34-19-20-36(53)48-42(34)54/h1-4,7-18,26,30,34H,5-6,19-25H2,(H2,45,46,47)(H,48,53,54)/t30-,34?/m1/s1. The lowest BCUT2D eigenvalue weighted by atomic mass is 10.0. The highest BCUT2D eigenvalue weighted by Crippen LogP contribution is 2.37. The molecule has 2 saturated heterocycles. The summed E-state index contributed by atoms with van der Waals surface area (Å²) < 4.78 is 8.04. The molecule has 0 saturated carbocycles. The summed E-state index contributed by atoms with van der Waals surface area (Å²) in [4.78, 5) is 64.1. The molecule has 9 rings (SSSR count). The number of nitrogens with one attached hydrogen (secondary N) is 1. The zero-order valence-electron chi connectivity index (χ0n) is 31.5. The fourth-order valence-electron chi connectivity index (χ4n) is 8.05. The van der Waals surface area contributed by atoms with E-state index in [1.165, 1.54) is 23.7 Å². The number of amides is 4. The van der Waals surface area contributed by atoms with E-state index >= 15 is 0 Å². The molecular formula is C44H40N8O5S. The molecule has 58 heavy (non-hydrogen) atoms. The summed E-state index contributed by atoms with van der Waals surface area (Å²) in [6, 6.07) is 30.4. The van der Waals surface area contributed by atoms with Crippen LogP contribution in [0.25, 0.3) is 22.3 Å². The lowest BCUT2D eigenvalue weighted by Gasteiger charge is -2.33. The molecule has 0 bridgehead atoms. The number of rotatable bonds is 11. The summed E-state index contributed by atoms with van der Waals surface area (Å²) >= 11 is 1.48. The van der Waals surface area contributed by atoms with Crippen LogP contribution in [0, 0.1) is 0 Å². The van der Waals surface area contributed by atoms with E-state index < -0.39 is 29.7 Å². The first-order valence-corrected chi connectivity index (χ1v) is 20.4. The number of hydrogen-bond acceptors (Lipinski definition) is 11. The number of para-hydroxylation sites is 1. The van der Waals surface area contributed by atoms with Crippen LogP contribution in [0.2, 0.25) is 0 Å². The Balaban J connectivity index is 0.830. The Hall–Kier alpha value is -6.38. The van der Waals surface area contributed by atoms with Gasteiger partial charge < -0.3 is 15.4 Å². The molecule has 4 amide bonds. The van der Waals surface area contributed by atoms with Crippen molar-refractivity contribution in [3.63, 3.8) is 0 Å². The largest absolute Gasteiger partial charge is 0.457 e. The molecule has 292 valence electrons. The molecule has 2 atom stereocenters. The molecule has 3 aliphatic rings. The third-order valence-corrected chi connectivity index (χ3v) is 12.1. The van der Waals surface area contributed by atoms with Crippen molar-refractivity contribution >= 4 is 52.2 Å². The zero-order valence-corrected chi connectivity index (χ0v) is 32.4. The van der Waals surface area contributed by atoms with Crippen LogP contribution >= 0.6 is 11.8 Å². The van der Waals surface area contributed by atoms with Gasteiger partial charge in [-0.15, -0.1) is 11.8 Å². The summed E-state index contributed by atoms with van der Waals surface area (Å²) in [5.41, 5.74) is 11.8. The number of likely N-dealkylation sites (tertiary alicyclic amines) is 1. The molecule has 0 spiro atoms. The monoisotopic (exact) mass is 792 g/mol. The number of nitrogens with two attached hydrogens (primary N) is 1. The van der Waals surface area contributed by atoms with E-state index in [1.807, 2.05) is 65.3 Å². The van der Waals surface area contributed by atoms with Gasteiger partial charge >= 0.3 is 0 Å². The third kappa shape index (κ3) is 7.32. The minimum absolute atomic E-state index is 0.0820. The van der Waals surface area contributed by atoms with Gasteiger partial charge in [0, 0.05) is 35.7 Å². The van der Waals surface area contributed by atoms with Crippen molar-refractivity contribution in [3.05, 3.63) is 126 Å². The van der Waals surface area contributed by atoms with Crippen molar-refractivity contribution in [2.45, 2.75) is 54.8 Å². The van der Waals surface area contributed by atoms with Gasteiger partial charge in [0.2, 0.25) is 11.8 Å². The van der Waals surface area contributed by atoms with Gasteiger partial charge in [-0.1, -0.05) is 48.5 Å². The lowest BCUT2D eigenvalue weighted by molar-refractivity contribution is -0.136. The number of carbonyl (C=O) groups excluding carboxylic acids is 4. The lowest BCUT2D eigenvalue weighted by Crippen LogP contribution is -2.54. The highest BCUT2D eigenvalue weighted by molar-refractivity contribution is 7.98. The maximum atomic E-state index is 13.5. The number of carbonyl (C=O) groups is 4. The van der Waals surface area contributed by atoms with Crippen molar-refractivity contribution in [1.29, 1.82) is 0 Å².